The Morgan fingerprint density at radius 1 is 1.25 bits per heavy atom. The van der Waals surface area contributed by atoms with Crippen molar-refractivity contribution in [1.29, 1.82) is 0 Å². The first-order valence-corrected chi connectivity index (χ1v) is 7.91. The highest BCUT2D eigenvalue weighted by Gasteiger charge is 2.20. The molecule has 0 radical (unpaired) electrons. The van der Waals surface area contributed by atoms with Gasteiger partial charge in [0.2, 0.25) is 0 Å². The van der Waals surface area contributed by atoms with E-state index in [0.29, 0.717) is 4.90 Å². The van der Waals surface area contributed by atoms with E-state index in [9.17, 15) is 8.42 Å². The Morgan fingerprint density at radius 2 is 1.88 bits per heavy atom. The van der Waals surface area contributed by atoms with E-state index in [1.807, 2.05) is 6.07 Å². The van der Waals surface area contributed by atoms with Gasteiger partial charge >= 0.3 is 0 Å². The van der Waals surface area contributed by atoms with Crippen LogP contribution in [0, 0.1) is 0 Å². The summed E-state index contributed by atoms with van der Waals surface area (Å²) in [7, 11) is -3.15. The molecule has 0 N–H and O–H groups in total. The maximum absolute atomic E-state index is 11.7. The zero-order valence-electron chi connectivity index (χ0n) is 9.11. The molecule has 0 spiro atoms. The van der Waals surface area contributed by atoms with Crippen molar-refractivity contribution >= 4 is 31.5 Å². The van der Waals surface area contributed by atoms with Crippen LogP contribution in [0.15, 0.2) is 27.6 Å². The Kier molecular flexibility index (Phi) is 3.26. The summed E-state index contributed by atoms with van der Waals surface area (Å²) >= 11 is 3.39. The van der Waals surface area contributed by atoms with Crippen molar-refractivity contribution in [2.45, 2.75) is 17.7 Å². The zero-order valence-corrected chi connectivity index (χ0v) is 11.5. The summed E-state index contributed by atoms with van der Waals surface area (Å²) < 4.78 is 24.3. The number of rotatable bonds is 2. The van der Waals surface area contributed by atoms with E-state index in [-0.39, 0.29) is 0 Å². The quantitative estimate of drug-likeness (QED) is 0.842. The summed E-state index contributed by atoms with van der Waals surface area (Å²) in [5, 5.41) is 0. The minimum atomic E-state index is -3.15. The normalized spacial score (nSPS) is 16.8. The van der Waals surface area contributed by atoms with Gasteiger partial charge in [-0.3, -0.25) is 0 Å². The second-order valence-electron chi connectivity index (χ2n) is 4.08. The first-order chi connectivity index (χ1) is 7.48. The summed E-state index contributed by atoms with van der Waals surface area (Å²) in [5.74, 6) is 0. The molecule has 88 valence electrons. The minimum absolute atomic E-state index is 0.428. The predicted molar refractivity (Wildman–Crippen MR) is 68.7 cm³/mol. The molecule has 1 aromatic rings. The molecule has 1 fully saturated rings. The molecular formula is C11H14BrNO2S. The van der Waals surface area contributed by atoms with E-state index in [0.717, 1.165) is 36.1 Å². The van der Waals surface area contributed by atoms with Crippen molar-refractivity contribution in [2.75, 3.05) is 24.2 Å². The molecule has 1 aliphatic rings. The SMILES string of the molecule is CS(=O)(=O)c1ccc(Br)cc1N1CCCC1. The molecule has 2 rings (SSSR count). The Bertz CT molecular complexity index is 493. The summed E-state index contributed by atoms with van der Waals surface area (Å²) in [6, 6.07) is 5.34. The van der Waals surface area contributed by atoms with E-state index >= 15 is 0 Å². The van der Waals surface area contributed by atoms with E-state index in [4.69, 9.17) is 0 Å². The molecule has 0 unspecified atom stereocenters. The number of benzene rings is 1. The number of anilines is 1. The van der Waals surface area contributed by atoms with Gasteiger partial charge < -0.3 is 4.90 Å². The second kappa shape index (κ2) is 4.37. The third-order valence-electron chi connectivity index (χ3n) is 2.77. The van der Waals surface area contributed by atoms with Crippen LogP contribution in [0.4, 0.5) is 5.69 Å². The van der Waals surface area contributed by atoms with Crippen molar-refractivity contribution in [1.82, 2.24) is 0 Å². The molecule has 0 saturated carbocycles. The van der Waals surface area contributed by atoms with E-state index < -0.39 is 9.84 Å². The molecule has 0 amide bonds. The first kappa shape index (κ1) is 11.9. The van der Waals surface area contributed by atoms with Crippen LogP contribution in [-0.2, 0) is 9.84 Å². The van der Waals surface area contributed by atoms with Crippen LogP contribution in [0.1, 0.15) is 12.8 Å². The molecule has 1 aliphatic heterocycles. The maximum atomic E-state index is 11.7. The molecule has 0 bridgehead atoms. The molecule has 0 aliphatic carbocycles. The lowest BCUT2D eigenvalue weighted by atomic mass is 10.3. The Hall–Kier alpha value is -0.550. The summed E-state index contributed by atoms with van der Waals surface area (Å²) in [5.41, 5.74) is 0.828. The maximum Gasteiger partial charge on any atom is 0.177 e. The molecule has 1 aromatic carbocycles. The summed E-state index contributed by atoms with van der Waals surface area (Å²) in [4.78, 5) is 2.57. The van der Waals surface area contributed by atoms with Gasteiger partial charge in [0, 0.05) is 23.8 Å². The van der Waals surface area contributed by atoms with Crippen molar-refractivity contribution in [2.24, 2.45) is 0 Å². The lowest BCUT2D eigenvalue weighted by Gasteiger charge is -2.20. The molecule has 1 saturated heterocycles. The highest BCUT2D eigenvalue weighted by molar-refractivity contribution is 9.10. The third-order valence-corrected chi connectivity index (χ3v) is 4.40. The highest BCUT2D eigenvalue weighted by Crippen LogP contribution is 2.30. The minimum Gasteiger partial charge on any atom is -0.370 e. The number of sulfone groups is 1. The molecule has 0 aromatic heterocycles. The van der Waals surface area contributed by atoms with Crippen molar-refractivity contribution in [3.8, 4) is 0 Å². The highest BCUT2D eigenvalue weighted by atomic mass is 79.9. The molecular weight excluding hydrogens is 290 g/mol. The van der Waals surface area contributed by atoms with Gasteiger partial charge in [-0.1, -0.05) is 15.9 Å². The monoisotopic (exact) mass is 303 g/mol. The van der Waals surface area contributed by atoms with Crippen LogP contribution < -0.4 is 4.90 Å². The van der Waals surface area contributed by atoms with Crippen LogP contribution in [-0.4, -0.2) is 27.8 Å². The van der Waals surface area contributed by atoms with E-state index in [2.05, 4.69) is 20.8 Å². The van der Waals surface area contributed by atoms with Gasteiger partial charge in [0.05, 0.1) is 10.6 Å². The fourth-order valence-electron chi connectivity index (χ4n) is 2.01. The first-order valence-electron chi connectivity index (χ1n) is 5.23. The van der Waals surface area contributed by atoms with Crippen LogP contribution >= 0.6 is 15.9 Å². The predicted octanol–water partition coefficient (Wildman–Crippen LogP) is 2.45. The Morgan fingerprint density at radius 3 is 2.44 bits per heavy atom. The lowest BCUT2D eigenvalue weighted by Crippen LogP contribution is -2.20. The number of halogens is 1. The smallest absolute Gasteiger partial charge is 0.177 e. The fraction of sp³-hybridized carbons (Fsp3) is 0.455. The van der Waals surface area contributed by atoms with Gasteiger partial charge in [-0.15, -0.1) is 0 Å². The van der Waals surface area contributed by atoms with Gasteiger partial charge in [-0.2, -0.15) is 0 Å². The number of nitrogens with zero attached hydrogens (tertiary/aromatic N) is 1. The average Bonchev–Trinajstić information content (AvgIpc) is 2.68. The Balaban J connectivity index is 2.52. The zero-order chi connectivity index (χ0) is 11.8. The standard InChI is InChI=1S/C11H14BrNO2S/c1-16(14,15)11-5-4-9(12)8-10(11)13-6-2-3-7-13/h4-5,8H,2-3,6-7H2,1H3. The molecule has 0 atom stereocenters. The average molecular weight is 304 g/mol. The van der Waals surface area contributed by atoms with Gasteiger partial charge in [0.15, 0.2) is 9.84 Å². The number of hydrogen-bond acceptors (Lipinski definition) is 3. The van der Waals surface area contributed by atoms with Crippen LogP contribution in [0.25, 0.3) is 0 Å². The fourth-order valence-corrected chi connectivity index (χ4v) is 3.24. The molecule has 5 heteroatoms. The van der Waals surface area contributed by atoms with Crippen LogP contribution in [0.3, 0.4) is 0 Å². The molecule has 3 nitrogen and oxygen atoms in total. The van der Waals surface area contributed by atoms with Crippen LogP contribution in [0.2, 0.25) is 0 Å². The Labute approximate surface area is 105 Å². The van der Waals surface area contributed by atoms with E-state index in [1.54, 1.807) is 12.1 Å². The lowest BCUT2D eigenvalue weighted by molar-refractivity contribution is 0.601. The van der Waals surface area contributed by atoms with Gasteiger partial charge in [0.25, 0.3) is 0 Å². The van der Waals surface area contributed by atoms with Crippen molar-refractivity contribution in [3.63, 3.8) is 0 Å². The second-order valence-corrected chi connectivity index (χ2v) is 6.98. The van der Waals surface area contributed by atoms with Gasteiger partial charge in [-0.25, -0.2) is 8.42 Å². The van der Waals surface area contributed by atoms with Gasteiger partial charge in [-0.05, 0) is 31.0 Å². The van der Waals surface area contributed by atoms with Crippen molar-refractivity contribution in [3.05, 3.63) is 22.7 Å². The van der Waals surface area contributed by atoms with Crippen LogP contribution in [0.5, 0.6) is 0 Å². The van der Waals surface area contributed by atoms with Crippen molar-refractivity contribution < 1.29 is 8.42 Å². The van der Waals surface area contributed by atoms with Gasteiger partial charge in [0.1, 0.15) is 0 Å². The topological polar surface area (TPSA) is 37.4 Å². The summed E-state index contributed by atoms with van der Waals surface area (Å²) in [6.07, 6.45) is 3.53. The third kappa shape index (κ3) is 2.40. The number of hydrogen-bond donors (Lipinski definition) is 0. The summed E-state index contributed by atoms with van der Waals surface area (Å²) in [6.45, 7) is 1.89. The molecule has 1 heterocycles. The van der Waals surface area contributed by atoms with E-state index in [1.165, 1.54) is 6.26 Å². The largest absolute Gasteiger partial charge is 0.370 e. The molecule has 16 heavy (non-hydrogen) atoms.